The molecule has 0 bridgehead atoms. The van der Waals surface area contributed by atoms with Gasteiger partial charge in [-0.2, -0.15) is 0 Å². The van der Waals surface area contributed by atoms with E-state index >= 15 is 0 Å². The van der Waals surface area contributed by atoms with Crippen LogP contribution in [0.3, 0.4) is 0 Å². The Kier molecular flexibility index (Phi) is 6.42. The lowest BCUT2D eigenvalue weighted by Crippen LogP contribution is -2.49. The smallest absolute Gasteiger partial charge is 0.408 e. The first kappa shape index (κ1) is 21.1. The summed E-state index contributed by atoms with van der Waals surface area (Å²) in [7, 11) is 0. The van der Waals surface area contributed by atoms with E-state index in [0.29, 0.717) is 44.5 Å². The Morgan fingerprint density at radius 3 is 2.31 bits per heavy atom. The zero-order valence-electron chi connectivity index (χ0n) is 17.2. The molecule has 2 aliphatic rings. The molecular weight excluding hydrogens is 374 g/mol. The van der Waals surface area contributed by atoms with Crippen LogP contribution in [0.5, 0.6) is 0 Å². The molecule has 2 heterocycles. The van der Waals surface area contributed by atoms with Crippen LogP contribution in [0.1, 0.15) is 50.4 Å². The zero-order valence-corrected chi connectivity index (χ0v) is 17.2. The Hall–Kier alpha value is -2.61. The van der Waals surface area contributed by atoms with E-state index in [0.717, 1.165) is 0 Å². The number of nitrogens with zero attached hydrogens (tertiary/aromatic N) is 2. The topological polar surface area (TPSA) is 88.2 Å². The van der Waals surface area contributed by atoms with Crippen LogP contribution < -0.4 is 5.32 Å². The number of rotatable bonds is 4. The average Bonchev–Trinajstić information content (AvgIpc) is 3.02. The lowest BCUT2D eigenvalue weighted by molar-refractivity contribution is -0.142. The van der Waals surface area contributed by atoms with Gasteiger partial charge in [-0.25, -0.2) is 9.59 Å². The largest absolute Gasteiger partial charge is 0.444 e. The number of hydrogen-bond acceptors (Lipinski definition) is 6. The van der Waals surface area contributed by atoms with Crippen molar-refractivity contribution in [1.82, 2.24) is 15.3 Å². The molecular formula is C21H29N3O5. The maximum Gasteiger partial charge on any atom is 0.408 e. The van der Waals surface area contributed by atoms with Crippen LogP contribution in [0, 0.1) is 0 Å². The Labute approximate surface area is 171 Å². The molecule has 158 valence electrons. The second kappa shape index (κ2) is 8.82. The quantitative estimate of drug-likeness (QED) is 0.830. The van der Waals surface area contributed by atoms with Gasteiger partial charge in [0.25, 0.3) is 0 Å². The third kappa shape index (κ3) is 5.69. The molecule has 1 aromatic rings. The molecule has 8 nitrogen and oxygen atoms in total. The van der Waals surface area contributed by atoms with E-state index in [1.807, 2.05) is 11.0 Å². The maximum atomic E-state index is 12.7. The van der Waals surface area contributed by atoms with Crippen molar-refractivity contribution in [3.05, 3.63) is 35.9 Å². The van der Waals surface area contributed by atoms with Gasteiger partial charge in [-0.05, 0) is 52.2 Å². The summed E-state index contributed by atoms with van der Waals surface area (Å²) in [5.41, 5.74) is -0.0875. The number of benzene rings is 1. The van der Waals surface area contributed by atoms with E-state index in [1.54, 1.807) is 50.1 Å². The Morgan fingerprint density at radius 2 is 1.69 bits per heavy atom. The molecule has 0 aliphatic carbocycles. The van der Waals surface area contributed by atoms with Gasteiger partial charge >= 0.3 is 12.1 Å². The number of likely N-dealkylation sites (tertiary alicyclic amines) is 1. The van der Waals surface area contributed by atoms with Gasteiger partial charge in [0.2, 0.25) is 5.91 Å². The van der Waals surface area contributed by atoms with Crippen LogP contribution in [0.15, 0.2) is 30.3 Å². The van der Waals surface area contributed by atoms with Crippen LogP contribution in [0.2, 0.25) is 0 Å². The normalized spacial score (nSPS) is 21.1. The molecule has 2 fully saturated rings. The predicted molar refractivity (Wildman–Crippen MR) is 106 cm³/mol. The molecule has 3 rings (SSSR count). The summed E-state index contributed by atoms with van der Waals surface area (Å²) in [4.78, 5) is 44.1. The summed E-state index contributed by atoms with van der Waals surface area (Å²) in [5.74, 6) is -0.446. The number of hydroxylamine groups is 2. The zero-order chi connectivity index (χ0) is 21.0. The number of carbonyl (C=O) groups is 3. The molecule has 2 aliphatic heterocycles. The van der Waals surface area contributed by atoms with E-state index in [2.05, 4.69) is 5.32 Å². The lowest BCUT2D eigenvalue weighted by atomic mass is 10.1. The summed E-state index contributed by atoms with van der Waals surface area (Å²) >= 11 is 0. The Bertz CT molecular complexity index is 738. The van der Waals surface area contributed by atoms with Crippen molar-refractivity contribution in [2.75, 3.05) is 19.6 Å². The molecule has 29 heavy (non-hydrogen) atoms. The first-order chi connectivity index (χ1) is 13.7. The van der Waals surface area contributed by atoms with Crippen molar-refractivity contribution in [1.29, 1.82) is 0 Å². The van der Waals surface area contributed by atoms with E-state index in [4.69, 9.17) is 9.57 Å². The summed E-state index contributed by atoms with van der Waals surface area (Å²) < 4.78 is 5.24. The fourth-order valence-corrected chi connectivity index (χ4v) is 3.64. The summed E-state index contributed by atoms with van der Waals surface area (Å²) in [5, 5.41) is 4.33. The standard InChI is InChI=1S/C21H29N3O5/c1-21(2,3)28-20(27)22-17-11-14-24(18(17)25)16-9-12-23(13-10-16)29-19(26)15-7-5-4-6-8-15/h4-8,16-17H,9-14H2,1-3H3,(H,22,27). The van der Waals surface area contributed by atoms with Crippen molar-refractivity contribution in [2.24, 2.45) is 0 Å². The second-order valence-corrected chi connectivity index (χ2v) is 8.42. The fourth-order valence-electron chi connectivity index (χ4n) is 3.64. The SMILES string of the molecule is CC(C)(C)OC(=O)NC1CCN(C2CCN(OC(=O)c3ccccc3)CC2)C1=O. The predicted octanol–water partition coefficient (Wildman–Crippen LogP) is 2.35. The molecule has 8 heteroatoms. The molecule has 0 spiro atoms. The molecule has 2 saturated heterocycles. The van der Waals surface area contributed by atoms with E-state index in [1.165, 1.54) is 0 Å². The summed E-state index contributed by atoms with van der Waals surface area (Å²) in [6.45, 7) is 7.09. The molecule has 0 radical (unpaired) electrons. The number of nitrogens with one attached hydrogen (secondary N) is 1. The molecule has 0 aromatic heterocycles. The van der Waals surface area contributed by atoms with Gasteiger partial charge in [-0.3, -0.25) is 4.79 Å². The van der Waals surface area contributed by atoms with Crippen molar-refractivity contribution < 1.29 is 24.0 Å². The third-order valence-corrected chi connectivity index (χ3v) is 5.02. The highest BCUT2D eigenvalue weighted by Crippen LogP contribution is 2.23. The summed E-state index contributed by atoms with van der Waals surface area (Å²) in [6.07, 6.45) is 1.43. The minimum atomic E-state index is -0.602. The van der Waals surface area contributed by atoms with Crippen LogP contribution in [-0.2, 0) is 14.4 Å². The second-order valence-electron chi connectivity index (χ2n) is 8.42. The average molecular weight is 403 g/mol. The minimum Gasteiger partial charge on any atom is -0.444 e. The highest BCUT2D eigenvalue weighted by atomic mass is 16.7. The number of hydrogen-bond donors (Lipinski definition) is 1. The number of amides is 2. The maximum absolute atomic E-state index is 12.7. The van der Waals surface area contributed by atoms with E-state index in [-0.39, 0.29) is 17.9 Å². The highest BCUT2D eigenvalue weighted by molar-refractivity contribution is 5.89. The van der Waals surface area contributed by atoms with Gasteiger partial charge in [0.05, 0.1) is 5.56 Å². The number of carbonyl (C=O) groups excluding carboxylic acids is 3. The number of alkyl carbamates (subject to hydrolysis) is 1. The molecule has 2 amide bonds. The van der Waals surface area contributed by atoms with Gasteiger partial charge in [0, 0.05) is 25.7 Å². The monoisotopic (exact) mass is 403 g/mol. The van der Waals surface area contributed by atoms with Crippen molar-refractivity contribution in [3.8, 4) is 0 Å². The lowest BCUT2D eigenvalue weighted by Gasteiger charge is -2.35. The Balaban J connectivity index is 1.45. The van der Waals surface area contributed by atoms with E-state index in [9.17, 15) is 14.4 Å². The van der Waals surface area contributed by atoms with Gasteiger partial charge in [-0.15, -0.1) is 5.06 Å². The van der Waals surface area contributed by atoms with Gasteiger partial charge < -0.3 is 19.8 Å². The van der Waals surface area contributed by atoms with Gasteiger partial charge in [0.1, 0.15) is 11.6 Å². The first-order valence-electron chi connectivity index (χ1n) is 10.1. The Morgan fingerprint density at radius 1 is 1.03 bits per heavy atom. The highest BCUT2D eigenvalue weighted by Gasteiger charge is 2.38. The number of piperidine rings is 1. The third-order valence-electron chi connectivity index (χ3n) is 5.02. The van der Waals surface area contributed by atoms with Crippen LogP contribution in [0.25, 0.3) is 0 Å². The van der Waals surface area contributed by atoms with Gasteiger partial charge in [0.15, 0.2) is 0 Å². The number of ether oxygens (including phenoxy) is 1. The van der Waals surface area contributed by atoms with Gasteiger partial charge in [-0.1, -0.05) is 18.2 Å². The molecule has 1 aromatic carbocycles. The van der Waals surface area contributed by atoms with Crippen molar-refractivity contribution >= 4 is 18.0 Å². The molecule has 0 saturated carbocycles. The molecule has 1 unspecified atom stereocenters. The molecule has 1 atom stereocenters. The van der Waals surface area contributed by atoms with Crippen molar-refractivity contribution in [2.45, 2.75) is 57.7 Å². The van der Waals surface area contributed by atoms with E-state index < -0.39 is 17.7 Å². The van der Waals surface area contributed by atoms with Crippen LogP contribution in [-0.4, -0.2) is 65.3 Å². The van der Waals surface area contributed by atoms with Crippen molar-refractivity contribution in [3.63, 3.8) is 0 Å². The van der Waals surface area contributed by atoms with Crippen LogP contribution >= 0.6 is 0 Å². The fraction of sp³-hybridized carbons (Fsp3) is 0.571. The summed E-state index contributed by atoms with van der Waals surface area (Å²) in [6, 6.07) is 8.41. The van der Waals surface area contributed by atoms with Crippen LogP contribution in [0.4, 0.5) is 4.79 Å². The first-order valence-corrected chi connectivity index (χ1v) is 10.1. The minimum absolute atomic E-state index is 0.0735. The molecule has 1 N–H and O–H groups in total.